The zero-order chi connectivity index (χ0) is 13.1. The highest BCUT2D eigenvalue weighted by Crippen LogP contribution is 1.99. The van der Waals surface area contributed by atoms with Gasteiger partial charge in [0.05, 0.1) is 6.26 Å². The van der Waals surface area contributed by atoms with Gasteiger partial charge < -0.3 is 19.8 Å². The van der Waals surface area contributed by atoms with Gasteiger partial charge >= 0.3 is 0 Å². The van der Waals surface area contributed by atoms with Crippen LogP contribution in [-0.2, 0) is 11.2 Å². The first kappa shape index (κ1) is 18.2. The highest BCUT2D eigenvalue weighted by Gasteiger charge is 1.98. The Kier molecular flexibility index (Phi) is 11.8. The molecular formula is C13H24IN3O2. The van der Waals surface area contributed by atoms with Crippen LogP contribution in [0.25, 0.3) is 0 Å². The van der Waals surface area contributed by atoms with Crippen molar-refractivity contribution in [1.29, 1.82) is 0 Å². The molecule has 6 heteroatoms. The molecule has 19 heavy (non-hydrogen) atoms. The quantitative estimate of drug-likeness (QED) is 0.313. The molecule has 1 heterocycles. The van der Waals surface area contributed by atoms with Gasteiger partial charge in [0.15, 0.2) is 5.96 Å². The standard InChI is InChI=1S/C13H23N3O2.HI/c1-3-14-13(15-8-5-10-17-2)16-9-7-12-6-4-11-18-12;/h4,6,11H,3,5,7-10H2,1-2H3,(H2,14,15,16);1H. The lowest BCUT2D eigenvalue weighted by Crippen LogP contribution is -2.38. The van der Waals surface area contributed by atoms with Crippen molar-refractivity contribution in [1.82, 2.24) is 10.6 Å². The van der Waals surface area contributed by atoms with E-state index in [9.17, 15) is 0 Å². The van der Waals surface area contributed by atoms with Crippen LogP contribution in [0.1, 0.15) is 19.1 Å². The zero-order valence-electron chi connectivity index (χ0n) is 11.6. The van der Waals surface area contributed by atoms with E-state index in [2.05, 4.69) is 22.5 Å². The molecule has 0 fully saturated rings. The summed E-state index contributed by atoms with van der Waals surface area (Å²) in [4.78, 5) is 4.45. The van der Waals surface area contributed by atoms with Crippen molar-refractivity contribution in [3.8, 4) is 0 Å². The number of nitrogens with zero attached hydrogens (tertiary/aromatic N) is 1. The van der Waals surface area contributed by atoms with Gasteiger partial charge in [0.25, 0.3) is 0 Å². The number of guanidine groups is 1. The summed E-state index contributed by atoms with van der Waals surface area (Å²) >= 11 is 0. The summed E-state index contributed by atoms with van der Waals surface area (Å²) in [5.41, 5.74) is 0. The second-order valence-electron chi connectivity index (χ2n) is 3.86. The van der Waals surface area contributed by atoms with Gasteiger partial charge in [0.1, 0.15) is 5.76 Å². The number of rotatable bonds is 8. The minimum absolute atomic E-state index is 0. The summed E-state index contributed by atoms with van der Waals surface area (Å²) < 4.78 is 10.3. The Morgan fingerprint density at radius 2 is 2.26 bits per heavy atom. The molecule has 0 aliphatic heterocycles. The van der Waals surface area contributed by atoms with Crippen LogP contribution in [0.5, 0.6) is 0 Å². The van der Waals surface area contributed by atoms with Gasteiger partial charge in [-0.2, -0.15) is 0 Å². The molecule has 0 aromatic carbocycles. The van der Waals surface area contributed by atoms with E-state index in [0.29, 0.717) is 0 Å². The Hall–Kier alpha value is -0.760. The lowest BCUT2D eigenvalue weighted by molar-refractivity contribution is 0.197. The fourth-order valence-electron chi connectivity index (χ4n) is 1.50. The number of hydrogen-bond donors (Lipinski definition) is 2. The van der Waals surface area contributed by atoms with Crippen LogP contribution in [0.2, 0.25) is 0 Å². The number of halogens is 1. The molecule has 0 saturated carbocycles. The third-order valence-electron chi connectivity index (χ3n) is 2.36. The largest absolute Gasteiger partial charge is 0.469 e. The maximum atomic E-state index is 5.27. The van der Waals surface area contributed by atoms with Crippen LogP contribution in [-0.4, -0.2) is 39.3 Å². The Morgan fingerprint density at radius 1 is 1.42 bits per heavy atom. The van der Waals surface area contributed by atoms with Gasteiger partial charge in [-0.05, 0) is 25.5 Å². The molecule has 0 saturated heterocycles. The molecular weight excluding hydrogens is 357 g/mol. The van der Waals surface area contributed by atoms with Crippen LogP contribution in [0.4, 0.5) is 0 Å². The monoisotopic (exact) mass is 381 g/mol. The van der Waals surface area contributed by atoms with E-state index < -0.39 is 0 Å². The maximum absolute atomic E-state index is 5.27. The van der Waals surface area contributed by atoms with Crippen molar-refractivity contribution < 1.29 is 9.15 Å². The van der Waals surface area contributed by atoms with Crippen molar-refractivity contribution in [2.75, 3.05) is 33.4 Å². The summed E-state index contributed by atoms with van der Waals surface area (Å²) in [7, 11) is 1.70. The molecule has 0 radical (unpaired) electrons. The highest BCUT2D eigenvalue weighted by molar-refractivity contribution is 14.0. The number of aliphatic imine (C=N–C) groups is 1. The molecule has 0 unspecified atom stereocenters. The summed E-state index contributed by atoms with van der Waals surface area (Å²) in [5, 5.41) is 6.48. The summed E-state index contributed by atoms with van der Waals surface area (Å²) in [6.07, 6.45) is 3.49. The second-order valence-corrected chi connectivity index (χ2v) is 3.86. The van der Waals surface area contributed by atoms with Gasteiger partial charge in [-0.1, -0.05) is 0 Å². The molecule has 1 rings (SSSR count). The number of nitrogens with one attached hydrogen (secondary N) is 2. The third-order valence-corrected chi connectivity index (χ3v) is 2.36. The van der Waals surface area contributed by atoms with Crippen molar-refractivity contribution in [2.24, 2.45) is 4.99 Å². The molecule has 0 bridgehead atoms. The highest BCUT2D eigenvalue weighted by atomic mass is 127. The fraction of sp³-hybridized carbons (Fsp3) is 0.615. The van der Waals surface area contributed by atoms with Gasteiger partial charge in [0.2, 0.25) is 0 Å². The topological polar surface area (TPSA) is 58.8 Å². The molecule has 1 aromatic rings. The average molecular weight is 381 g/mol. The zero-order valence-corrected chi connectivity index (χ0v) is 14.0. The van der Waals surface area contributed by atoms with E-state index in [1.807, 2.05) is 12.1 Å². The van der Waals surface area contributed by atoms with Crippen LogP contribution in [0, 0.1) is 0 Å². The normalized spacial score (nSPS) is 10.9. The second kappa shape index (κ2) is 12.3. The smallest absolute Gasteiger partial charge is 0.191 e. The third kappa shape index (κ3) is 8.88. The molecule has 0 amide bonds. The minimum Gasteiger partial charge on any atom is -0.469 e. The van der Waals surface area contributed by atoms with Crippen LogP contribution in [0.3, 0.4) is 0 Å². The van der Waals surface area contributed by atoms with E-state index in [1.54, 1.807) is 13.4 Å². The first-order chi connectivity index (χ1) is 8.86. The fourth-order valence-corrected chi connectivity index (χ4v) is 1.50. The Bertz CT molecular complexity index is 329. The van der Waals surface area contributed by atoms with E-state index in [4.69, 9.17) is 9.15 Å². The summed E-state index contributed by atoms with van der Waals surface area (Å²) in [5.74, 6) is 1.83. The van der Waals surface area contributed by atoms with Crippen LogP contribution >= 0.6 is 24.0 Å². The van der Waals surface area contributed by atoms with Gasteiger partial charge in [-0.3, -0.25) is 4.99 Å². The van der Waals surface area contributed by atoms with Crippen molar-refractivity contribution in [3.05, 3.63) is 24.2 Å². The van der Waals surface area contributed by atoms with E-state index >= 15 is 0 Å². The summed E-state index contributed by atoms with van der Waals surface area (Å²) in [6, 6.07) is 3.88. The van der Waals surface area contributed by atoms with Gasteiger partial charge in [-0.25, -0.2) is 0 Å². The molecule has 0 atom stereocenters. The molecule has 2 N–H and O–H groups in total. The molecule has 0 spiro atoms. The van der Waals surface area contributed by atoms with E-state index in [-0.39, 0.29) is 24.0 Å². The SMILES string of the molecule is CCNC(=NCCCOC)NCCc1ccco1.I. The van der Waals surface area contributed by atoms with E-state index in [0.717, 1.165) is 50.8 Å². The Labute approximate surface area is 132 Å². The predicted molar refractivity (Wildman–Crippen MR) is 88.3 cm³/mol. The van der Waals surface area contributed by atoms with Crippen molar-refractivity contribution in [2.45, 2.75) is 19.8 Å². The van der Waals surface area contributed by atoms with Gasteiger partial charge in [0, 0.05) is 39.8 Å². The van der Waals surface area contributed by atoms with Crippen LogP contribution in [0.15, 0.2) is 27.8 Å². The first-order valence-electron chi connectivity index (χ1n) is 6.40. The lowest BCUT2D eigenvalue weighted by Gasteiger charge is -2.10. The first-order valence-corrected chi connectivity index (χ1v) is 6.40. The predicted octanol–water partition coefficient (Wildman–Crippen LogP) is 2.03. The maximum Gasteiger partial charge on any atom is 0.191 e. The number of methoxy groups -OCH3 is 1. The molecule has 1 aromatic heterocycles. The molecule has 0 aliphatic carbocycles. The average Bonchev–Trinajstić information content (AvgIpc) is 2.87. The van der Waals surface area contributed by atoms with Crippen molar-refractivity contribution in [3.63, 3.8) is 0 Å². The minimum atomic E-state index is 0. The van der Waals surface area contributed by atoms with E-state index in [1.165, 1.54) is 0 Å². The Morgan fingerprint density at radius 3 is 2.89 bits per heavy atom. The molecule has 0 aliphatic rings. The molecule has 5 nitrogen and oxygen atoms in total. The van der Waals surface area contributed by atoms with Crippen LogP contribution < -0.4 is 10.6 Å². The van der Waals surface area contributed by atoms with Crippen molar-refractivity contribution >= 4 is 29.9 Å². The Balaban J connectivity index is 0.00000324. The summed E-state index contributed by atoms with van der Waals surface area (Å²) in [6.45, 7) is 5.23. The lowest BCUT2D eigenvalue weighted by atomic mass is 10.3. The number of hydrogen-bond acceptors (Lipinski definition) is 3. The number of ether oxygens (including phenoxy) is 1. The van der Waals surface area contributed by atoms with Gasteiger partial charge in [-0.15, -0.1) is 24.0 Å². The molecule has 110 valence electrons. The number of furan rings is 1.